The Morgan fingerprint density at radius 2 is 2.35 bits per heavy atom. The number of furan rings is 1. The van der Waals surface area contributed by atoms with Gasteiger partial charge in [0.25, 0.3) is 0 Å². The molecule has 1 aliphatic rings. The molecule has 0 bridgehead atoms. The van der Waals surface area contributed by atoms with Gasteiger partial charge in [-0.2, -0.15) is 0 Å². The minimum atomic E-state index is 0.231. The molecule has 1 saturated heterocycles. The van der Waals surface area contributed by atoms with Gasteiger partial charge in [-0.25, -0.2) is 0 Å². The normalized spacial score (nSPS) is 18.3. The molecule has 4 heteroatoms. The van der Waals surface area contributed by atoms with Gasteiger partial charge in [-0.05, 0) is 19.1 Å². The number of aldehydes is 1. The van der Waals surface area contributed by atoms with Gasteiger partial charge in [-0.3, -0.25) is 4.79 Å². The van der Waals surface area contributed by atoms with E-state index in [0.29, 0.717) is 18.0 Å². The van der Waals surface area contributed by atoms with Crippen LogP contribution in [0.15, 0.2) is 22.6 Å². The molecule has 0 N–H and O–H groups in total. The summed E-state index contributed by atoms with van der Waals surface area (Å²) in [4.78, 5) is 10.8. The Labute approximate surface area is 98.1 Å². The summed E-state index contributed by atoms with van der Waals surface area (Å²) in [5.41, 5.74) is 1.55. The lowest BCUT2D eigenvalue weighted by Gasteiger charge is -2.03. The van der Waals surface area contributed by atoms with Crippen LogP contribution < -0.4 is 4.74 Å². The first-order chi connectivity index (χ1) is 8.28. The van der Waals surface area contributed by atoms with Crippen LogP contribution in [-0.2, 0) is 4.74 Å². The molecule has 1 unspecified atom stereocenters. The summed E-state index contributed by atoms with van der Waals surface area (Å²) in [5, 5.41) is 0.946. The van der Waals surface area contributed by atoms with Crippen molar-refractivity contribution in [3.63, 3.8) is 0 Å². The number of fused-ring (bicyclic) bond motifs is 1. The zero-order valence-corrected chi connectivity index (χ0v) is 9.43. The molecule has 2 heterocycles. The molecule has 1 aliphatic heterocycles. The first-order valence-electron chi connectivity index (χ1n) is 5.50. The fourth-order valence-corrected chi connectivity index (χ4v) is 1.78. The SMILES string of the molecule is Cc1c(C=O)oc2cc(OCC3CO3)ccc12. The number of benzene rings is 1. The first kappa shape index (κ1) is 10.4. The van der Waals surface area contributed by atoms with Crippen LogP contribution in [0, 0.1) is 6.92 Å². The van der Waals surface area contributed by atoms with E-state index in [-0.39, 0.29) is 6.10 Å². The third-order valence-electron chi connectivity index (χ3n) is 2.89. The van der Waals surface area contributed by atoms with E-state index in [1.807, 2.05) is 19.1 Å². The third kappa shape index (κ3) is 1.91. The van der Waals surface area contributed by atoms with E-state index in [4.69, 9.17) is 13.9 Å². The highest BCUT2D eigenvalue weighted by molar-refractivity contribution is 5.90. The second-order valence-electron chi connectivity index (χ2n) is 4.13. The van der Waals surface area contributed by atoms with E-state index in [1.165, 1.54) is 0 Å². The van der Waals surface area contributed by atoms with E-state index < -0.39 is 0 Å². The first-order valence-corrected chi connectivity index (χ1v) is 5.50. The van der Waals surface area contributed by atoms with Gasteiger partial charge in [0.15, 0.2) is 12.0 Å². The van der Waals surface area contributed by atoms with Crippen LogP contribution in [0.1, 0.15) is 16.1 Å². The smallest absolute Gasteiger partial charge is 0.185 e. The van der Waals surface area contributed by atoms with Crippen LogP contribution in [0.3, 0.4) is 0 Å². The van der Waals surface area contributed by atoms with Crippen molar-refractivity contribution in [3.8, 4) is 5.75 Å². The second kappa shape index (κ2) is 3.89. The van der Waals surface area contributed by atoms with E-state index in [1.54, 1.807) is 6.07 Å². The largest absolute Gasteiger partial charge is 0.491 e. The van der Waals surface area contributed by atoms with Crippen LogP contribution in [-0.4, -0.2) is 25.6 Å². The molecule has 3 rings (SSSR count). The van der Waals surface area contributed by atoms with Crippen molar-refractivity contribution in [2.24, 2.45) is 0 Å². The van der Waals surface area contributed by atoms with Crippen LogP contribution in [0.5, 0.6) is 5.75 Å². The maximum atomic E-state index is 10.8. The number of epoxide rings is 1. The molecular weight excluding hydrogens is 220 g/mol. The van der Waals surface area contributed by atoms with Crippen LogP contribution in [0.2, 0.25) is 0 Å². The van der Waals surface area contributed by atoms with Gasteiger partial charge < -0.3 is 13.9 Å². The van der Waals surface area contributed by atoms with Crippen molar-refractivity contribution in [3.05, 3.63) is 29.5 Å². The maximum Gasteiger partial charge on any atom is 0.185 e. The predicted octanol–water partition coefficient (Wildman–Crippen LogP) is 2.33. The van der Waals surface area contributed by atoms with Crippen molar-refractivity contribution in [2.75, 3.05) is 13.2 Å². The van der Waals surface area contributed by atoms with Gasteiger partial charge in [0.1, 0.15) is 24.0 Å². The van der Waals surface area contributed by atoms with Gasteiger partial charge in [-0.15, -0.1) is 0 Å². The minimum Gasteiger partial charge on any atom is -0.491 e. The van der Waals surface area contributed by atoms with Gasteiger partial charge in [0.2, 0.25) is 0 Å². The Balaban J connectivity index is 1.91. The lowest BCUT2D eigenvalue weighted by Crippen LogP contribution is -2.03. The lowest BCUT2D eigenvalue weighted by atomic mass is 10.1. The van der Waals surface area contributed by atoms with E-state index in [0.717, 1.165) is 29.6 Å². The summed E-state index contributed by atoms with van der Waals surface area (Å²) < 4.78 is 16.0. The molecule has 2 aromatic rings. The molecule has 0 radical (unpaired) electrons. The van der Waals surface area contributed by atoms with Crippen LogP contribution in [0.25, 0.3) is 11.0 Å². The van der Waals surface area contributed by atoms with Crippen LogP contribution >= 0.6 is 0 Å². The highest BCUT2D eigenvalue weighted by atomic mass is 16.6. The van der Waals surface area contributed by atoms with Gasteiger partial charge in [0, 0.05) is 17.0 Å². The summed E-state index contributed by atoms with van der Waals surface area (Å²) in [6.45, 7) is 3.21. The fourth-order valence-electron chi connectivity index (χ4n) is 1.78. The Bertz CT molecular complexity index is 566. The average Bonchev–Trinajstić information content (AvgIpc) is 3.12. The van der Waals surface area contributed by atoms with E-state index in [9.17, 15) is 4.79 Å². The van der Waals surface area contributed by atoms with Crippen LogP contribution in [0.4, 0.5) is 0 Å². The number of carbonyl (C=O) groups excluding carboxylic acids is 1. The Kier molecular flexibility index (Phi) is 2.37. The Morgan fingerprint density at radius 3 is 3.06 bits per heavy atom. The number of carbonyl (C=O) groups is 1. The molecule has 0 aliphatic carbocycles. The summed E-state index contributed by atoms with van der Waals surface area (Å²) in [6.07, 6.45) is 0.961. The topological polar surface area (TPSA) is 52.0 Å². The Hall–Kier alpha value is -1.81. The quantitative estimate of drug-likeness (QED) is 0.599. The molecule has 17 heavy (non-hydrogen) atoms. The monoisotopic (exact) mass is 232 g/mol. The van der Waals surface area contributed by atoms with Crippen molar-refractivity contribution in [1.29, 1.82) is 0 Å². The van der Waals surface area contributed by atoms with Gasteiger partial charge in [0.05, 0.1) is 6.61 Å². The predicted molar refractivity (Wildman–Crippen MR) is 61.6 cm³/mol. The molecule has 1 fully saturated rings. The highest BCUT2D eigenvalue weighted by Gasteiger charge is 2.23. The zero-order chi connectivity index (χ0) is 11.8. The second-order valence-corrected chi connectivity index (χ2v) is 4.13. The molecule has 0 spiro atoms. The molecule has 1 atom stereocenters. The minimum absolute atomic E-state index is 0.231. The van der Waals surface area contributed by atoms with Gasteiger partial charge in [-0.1, -0.05) is 0 Å². The van der Waals surface area contributed by atoms with E-state index >= 15 is 0 Å². The fraction of sp³-hybridized carbons (Fsp3) is 0.308. The zero-order valence-electron chi connectivity index (χ0n) is 9.43. The highest BCUT2D eigenvalue weighted by Crippen LogP contribution is 2.28. The summed E-state index contributed by atoms with van der Waals surface area (Å²) in [5.74, 6) is 1.11. The summed E-state index contributed by atoms with van der Waals surface area (Å²) in [7, 11) is 0. The summed E-state index contributed by atoms with van der Waals surface area (Å²) >= 11 is 0. The van der Waals surface area contributed by atoms with E-state index in [2.05, 4.69) is 0 Å². The lowest BCUT2D eigenvalue weighted by molar-refractivity contribution is 0.110. The van der Waals surface area contributed by atoms with Crippen molar-refractivity contribution in [2.45, 2.75) is 13.0 Å². The Morgan fingerprint density at radius 1 is 1.53 bits per heavy atom. The third-order valence-corrected chi connectivity index (χ3v) is 2.89. The molecular formula is C13H12O4. The van der Waals surface area contributed by atoms with Crippen molar-refractivity contribution in [1.82, 2.24) is 0 Å². The molecule has 88 valence electrons. The molecule has 1 aromatic heterocycles. The van der Waals surface area contributed by atoms with Crippen molar-refractivity contribution < 1.29 is 18.7 Å². The number of hydrogen-bond donors (Lipinski definition) is 0. The average molecular weight is 232 g/mol. The number of rotatable bonds is 4. The van der Waals surface area contributed by atoms with Crippen molar-refractivity contribution >= 4 is 17.3 Å². The molecule has 0 amide bonds. The van der Waals surface area contributed by atoms with Gasteiger partial charge >= 0.3 is 0 Å². The molecule has 1 aromatic carbocycles. The standard InChI is InChI=1S/C13H12O4/c1-8-11-3-2-9(15-6-10-7-16-10)4-12(11)17-13(8)5-14/h2-5,10H,6-7H2,1H3. The number of hydrogen-bond acceptors (Lipinski definition) is 4. The maximum absolute atomic E-state index is 10.8. The molecule has 0 saturated carbocycles. The number of aryl methyl sites for hydroxylation is 1. The summed E-state index contributed by atoms with van der Waals surface area (Å²) in [6, 6.07) is 5.59. The number of ether oxygens (including phenoxy) is 2. The molecule has 4 nitrogen and oxygen atoms in total.